The van der Waals surface area contributed by atoms with E-state index in [0.717, 1.165) is 23.1 Å². The number of likely N-dealkylation sites (tertiary alicyclic amines) is 1. The first-order valence-electron chi connectivity index (χ1n) is 6.15. The molecule has 0 bridgehead atoms. The fourth-order valence-corrected chi connectivity index (χ4v) is 2.68. The predicted octanol–water partition coefficient (Wildman–Crippen LogP) is 2.63. The van der Waals surface area contributed by atoms with Crippen LogP contribution < -0.4 is 0 Å². The summed E-state index contributed by atoms with van der Waals surface area (Å²) in [5.41, 5.74) is -0.463. The Labute approximate surface area is 117 Å². The molecule has 1 heterocycles. The summed E-state index contributed by atoms with van der Waals surface area (Å²) in [5, 5.41) is 9.09. The first-order valence-corrected chi connectivity index (χ1v) is 6.15. The maximum Gasteiger partial charge on any atom is 0.401 e. The van der Waals surface area contributed by atoms with E-state index in [4.69, 9.17) is 5.11 Å². The number of rotatable bonds is 3. The molecule has 116 valence electrons. The number of carboxylic acid groups (broad SMARTS) is 1. The molecule has 1 fully saturated rings. The van der Waals surface area contributed by atoms with Gasteiger partial charge in [0.25, 0.3) is 0 Å². The van der Waals surface area contributed by atoms with E-state index in [9.17, 15) is 26.7 Å². The maximum absolute atomic E-state index is 13.7. The molecule has 0 spiro atoms. The molecule has 0 amide bonds. The van der Waals surface area contributed by atoms with Gasteiger partial charge in [0.15, 0.2) is 0 Å². The second-order valence-electron chi connectivity index (χ2n) is 5.00. The van der Waals surface area contributed by atoms with Gasteiger partial charge < -0.3 is 5.11 Å². The molecule has 1 aromatic rings. The van der Waals surface area contributed by atoms with E-state index in [1.807, 2.05) is 0 Å². The highest BCUT2D eigenvalue weighted by Crippen LogP contribution is 2.36. The lowest BCUT2D eigenvalue weighted by atomic mass is 9.88. The zero-order valence-electron chi connectivity index (χ0n) is 10.7. The average Bonchev–Trinajstić information content (AvgIpc) is 2.70. The molecule has 8 heteroatoms. The standard InChI is InChI=1S/C13H12F5NO2/c14-9-2-1-3-10(15)11(9)7-4-19(6-13(16,17)18)5-8(7)12(20)21/h1-3,7-8H,4-6H2,(H,20,21). The number of carboxylic acids is 1. The highest BCUT2D eigenvalue weighted by molar-refractivity contribution is 5.72. The van der Waals surface area contributed by atoms with Crippen molar-refractivity contribution in [2.45, 2.75) is 12.1 Å². The van der Waals surface area contributed by atoms with Crippen molar-refractivity contribution in [1.29, 1.82) is 0 Å². The number of nitrogens with zero attached hydrogens (tertiary/aromatic N) is 1. The highest BCUT2D eigenvalue weighted by Gasteiger charge is 2.44. The quantitative estimate of drug-likeness (QED) is 0.873. The molecule has 1 saturated heterocycles. The third kappa shape index (κ3) is 3.49. The van der Waals surface area contributed by atoms with Crippen LogP contribution in [0.3, 0.4) is 0 Å². The van der Waals surface area contributed by atoms with Crippen LogP contribution in [-0.2, 0) is 4.79 Å². The smallest absolute Gasteiger partial charge is 0.401 e. The first kappa shape index (κ1) is 15.7. The molecule has 1 aliphatic heterocycles. The van der Waals surface area contributed by atoms with Crippen molar-refractivity contribution in [1.82, 2.24) is 4.90 Å². The number of hydrogen-bond donors (Lipinski definition) is 1. The van der Waals surface area contributed by atoms with Gasteiger partial charge in [-0.25, -0.2) is 8.78 Å². The number of hydrogen-bond acceptors (Lipinski definition) is 2. The van der Waals surface area contributed by atoms with E-state index >= 15 is 0 Å². The minimum atomic E-state index is -4.49. The Balaban J connectivity index is 2.31. The fourth-order valence-electron chi connectivity index (χ4n) is 2.68. The first-order chi connectivity index (χ1) is 9.69. The summed E-state index contributed by atoms with van der Waals surface area (Å²) in [7, 11) is 0. The molecule has 3 nitrogen and oxygen atoms in total. The lowest BCUT2D eigenvalue weighted by Gasteiger charge is -2.18. The van der Waals surface area contributed by atoms with Gasteiger partial charge in [-0.15, -0.1) is 0 Å². The molecule has 2 rings (SSSR count). The van der Waals surface area contributed by atoms with Gasteiger partial charge in [0.1, 0.15) is 11.6 Å². The van der Waals surface area contributed by atoms with E-state index in [2.05, 4.69) is 0 Å². The molecule has 0 aromatic heterocycles. The minimum absolute atomic E-state index is 0.353. The number of aliphatic carboxylic acids is 1. The van der Waals surface area contributed by atoms with E-state index in [-0.39, 0.29) is 6.54 Å². The van der Waals surface area contributed by atoms with Gasteiger partial charge >= 0.3 is 12.1 Å². The van der Waals surface area contributed by atoms with Crippen molar-refractivity contribution in [3.63, 3.8) is 0 Å². The topological polar surface area (TPSA) is 40.5 Å². The van der Waals surface area contributed by atoms with Crippen molar-refractivity contribution in [2.24, 2.45) is 5.92 Å². The van der Waals surface area contributed by atoms with Crippen molar-refractivity contribution in [2.75, 3.05) is 19.6 Å². The van der Waals surface area contributed by atoms with Crippen LogP contribution in [0, 0.1) is 17.6 Å². The molecule has 21 heavy (non-hydrogen) atoms. The third-order valence-electron chi connectivity index (χ3n) is 3.49. The molecular weight excluding hydrogens is 297 g/mol. The molecule has 2 atom stereocenters. The third-order valence-corrected chi connectivity index (χ3v) is 3.49. The second kappa shape index (κ2) is 5.59. The number of alkyl halides is 3. The Hall–Kier alpha value is -1.70. The van der Waals surface area contributed by atoms with Gasteiger partial charge in [0.05, 0.1) is 12.5 Å². The van der Waals surface area contributed by atoms with Crippen LogP contribution in [0.25, 0.3) is 0 Å². The van der Waals surface area contributed by atoms with E-state index in [1.165, 1.54) is 0 Å². The lowest BCUT2D eigenvalue weighted by molar-refractivity contribution is -0.147. The molecule has 1 aliphatic rings. The van der Waals surface area contributed by atoms with E-state index < -0.39 is 54.3 Å². The zero-order chi connectivity index (χ0) is 15.8. The number of carbonyl (C=O) groups is 1. The summed E-state index contributed by atoms with van der Waals surface area (Å²) in [4.78, 5) is 12.0. The van der Waals surface area contributed by atoms with Gasteiger partial charge in [-0.2, -0.15) is 13.2 Å². The molecule has 0 radical (unpaired) electrons. The van der Waals surface area contributed by atoms with Crippen LogP contribution >= 0.6 is 0 Å². The van der Waals surface area contributed by atoms with E-state index in [0.29, 0.717) is 0 Å². The molecular formula is C13H12F5NO2. The van der Waals surface area contributed by atoms with Gasteiger partial charge in [-0.1, -0.05) is 6.07 Å². The molecule has 0 saturated carbocycles. The summed E-state index contributed by atoms with van der Waals surface area (Å²) in [5.74, 6) is -5.68. The molecule has 1 N–H and O–H groups in total. The van der Waals surface area contributed by atoms with Crippen molar-refractivity contribution in [3.8, 4) is 0 Å². The van der Waals surface area contributed by atoms with Crippen LogP contribution in [0.2, 0.25) is 0 Å². The van der Waals surface area contributed by atoms with Gasteiger partial charge in [0.2, 0.25) is 0 Å². The number of halogens is 5. The second-order valence-corrected chi connectivity index (χ2v) is 5.00. The Morgan fingerprint density at radius 1 is 1.24 bits per heavy atom. The largest absolute Gasteiger partial charge is 0.481 e. The molecule has 0 aliphatic carbocycles. The summed E-state index contributed by atoms with van der Waals surface area (Å²) in [6.07, 6.45) is -4.49. The van der Waals surface area contributed by atoms with E-state index in [1.54, 1.807) is 0 Å². The Morgan fingerprint density at radius 2 is 1.81 bits per heavy atom. The van der Waals surface area contributed by atoms with Gasteiger partial charge in [-0.3, -0.25) is 9.69 Å². The van der Waals surface area contributed by atoms with Crippen LogP contribution in [0.4, 0.5) is 22.0 Å². The summed E-state index contributed by atoms with van der Waals surface area (Å²) in [6.45, 7) is -2.05. The highest BCUT2D eigenvalue weighted by atomic mass is 19.4. The summed E-state index contributed by atoms with van der Waals surface area (Å²) < 4.78 is 64.6. The Bertz CT molecular complexity index is 526. The Kier molecular flexibility index (Phi) is 4.18. The lowest BCUT2D eigenvalue weighted by Crippen LogP contribution is -2.33. The SMILES string of the molecule is O=C(O)C1CN(CC(F)(F)F)CC1c1c(F)cccc1F. The zero-order valence-corrected chi connectivity index (χ0v) is 10.7. The van der Waals surface area contributed by atoms with Crippen LogP contribution in [0.5, 0.6) is 0 Å². The Morgan fingerprint density at radius 3 is 2.29 bits per heavy atom. The normalized spacial score (nSPS) is 23.5. The number of benzene rings is 1. The van der Waals surface area contributed by atoms with Crippen LogP contribution in [0.1, 0.15) is 11.5 Å². The van der Waals surface area contributed by atoms with Crippen molar-refractivity contribution in [3.05, 3.63) is 35.4 Å². The fraction of sp³-hybridized carbons (Fsp3) is 0.462. The monoisotopic (exact) mass is 309 g/mol. The minimum Gasteiger partial charge on any atom is -0.481 e. The van der Waals surface area contributed by atoms with Crippen LogP contribution in [0.15, 0.2) is 18.2 Å². The maximum atomic E-state index is 13.7. The van der Waals surface area contributed by atoms with Gasteiger partial charge in [-0.05, 0) is 12.1 Å². The van der Waals surface area contributed by atoms with Crippen molar-refractivity contribution < 1.29 is 31.9 Å². The summed E-state index contributed by atoms with van der Waals surface area (Å²) in [6, 6.07) is 3.04. The van der Waals surface area contributed by atoms with Gasteiger partial charge in [0, 0.05) is 24.6 Å². The predicted molar refractivity (Wildman–Crippen MR) is 62.7 cm³/mol. The molecule has 2 unspecified atom stereocenters. The average molecular weight is 309 g/mol. The summed E-state index contributed by atoms with van der Waals surface area (Å²) >= 11 is 0. The molecule has 1 aromatic carbocycles. The van der Waals surface area contributed by atoms with Crippen molar-refractivity contribution >= 4 is 5.97 Å². The van der Waals surface area contributed by atoms with Crippen LogP contribution in [-0.4, -0.2) is 41.8 Å².